The van der Waals surface area contributed by atoms with E-state index in [1.54, 1.807) is 11.8 Å². The first-order valence-corrected chi connectivity index (χ1v) is 11.7. The van der Waals surface area contributed by atoms with Gasteiger partial charge >= 0.3 is 0 Å². The van der Waals surface area contributed by atoms with Gasteiger partial charge in [0.25, 0.3) is 5.56 Å². The fraction of sp³-hybridized carbons (Fsp3) is 0.385. The van der Waals surface area contributed by atoms with E-state index in [1.165, 1.54) is 5.56 Å². The Bertz CT molecular complexity index is 1300. The van der Waals surface area contributed by atoms with Crippen molar-refractivity contribution in [2.45, 2.75) is 52.9 Å². The number of nitrogens with zero attached hydrogens (tertiary/aromatic N) is 5. The van der Waals surface area contributed by atoms with Gasteiger partial charge in [-0.1, -0.05) is 43.3 Å². The Morgan fingerprint density at radius 3 is 2.65 bits per heavy atom. The van der Waals surface area contributed by atoms with Crippen molar-refractivity contribution >= 4 is 10.9 Å². The average molecular weight is 461 g/mol. The van der Waals surface area contributed by atoms with Crippen LogP contribution in [0, 0.1) is 13.8 Å². The zero-order valence-electron chi connectivity index (χ0n) is 20.3. The predicted octanol–water partition coefficient (Wildman–Crippen LogP) is 3.93. The lowest BCUT2D eigenvalue weighted by atomic mass is 10.0. The third-order valence-electron chi connectivity index (χ3n) is 6.18. The van der Waals surface area contributed by atoms with Gasteiger partial charge in [0.1, 0.15) is 0 Å². The zero-order chi connectivity index (χ0) is 24.1. The van der Waals surface area contributed by atoms with Gasteiger partial charge in [-0.25, -0.2) is 4.68 Å². The number of rotatable bonds is 10. The van der Waals surface area contributed by atoms with Crippen molar-refractivity contribution in [1.82, 2.24) is 30.1 Å². The first kappa shape index (κ1) is 23.8. The standard InChI is InChI=1S/C26H32N6O2/c1-5-24(25-28-29-30-32(25)11-12-34-4)31(16-20-9-7-6-8-10-20)17-21-15-22-19(3)13-18(2)14-23(22)27-26(21)33/h6-10,13-15,24H,5,11-12,16-17H2,1-4H3,(H,27,33)/t24-/m1/s1. The molecule has 0 saturated carbocycles. The summed E-state index contributed by atoms with van der Waals surface area (Å²) in [4.78, 5) is 18.5. The summed E-state index contributed by atoms with van der Waals surface area (Å²) in [5.41, 5.74) is 4.98. The van der Waals surface area contributed by atoms with E-state index < -0.39 is 0 Å². The molecule has 0 aliphatic heterocycles. The molecule has 0 unspecified atom stereocenters. The Morgan fingerprint density at radius 2 is 1.91 bits per heavy atom. The summed E-state index contributed by atoms with van der Waals surface area (Å²) in [5, 5.41) is 13.5. The molecule has 0 bridgehead atoms. The van der Waals surface area contributed by atoms with E-state index in [-0.39, 0.29) is 11.6 Å². The van der Waals surface area contributed by atoms with Crippen LogP contribution < -0.4 is 5.56 Å². The molecule has 0 aliphatic rings. The quantitative estimate of drug-likeness (QED) is 0.386. The van der Waals surface area contributed by atoms with Gasteiger partial charge in [-0.15, -0.1) is 5.10 Å². The molecule has 1 N–H and O–H groups in total. The summed E-state index contributed by atoms with van der Waals surface area (Å²) in [7, 11) is 1.67. The number of hydrogen-bond donors (Lipinski definition) is 1. The topological polar surface area (TPSA) is 88.9 Å². The minimum Gasteiger partial charge on any atom is -0.383 e. The molecule has 2 heterocycles. The predicted molar refractivity (Wildman–Crippen MR) is 132 cm³/mol. The number of methoxy groups -OCH3 is 1. The van der Waals surface area contributed by atoms with E-state index in [1.807, 2.05) is 37.3 Å². The van der Waals surface area contributed by atoms with Crippen LogP contribution >= 0.6 is 0 Å². The number of tetrazole rings is 1. The Kier molecular flexibility index (Phi) is 7.49. The number of pyridine rings is 1. The lowest BCUT2D eigenvalue weighted by Crippen LogP contribution is -2.32. The average Bonchev–Trinajstić information content (AvgIpc) is 3.27. The van der Waals surface area contributed by atoms with Gasteiger partial charge in [0.05, 0.1) is 19.2 Å². The number of aromatic nitrogens is 5. The molecule has 0 aliphatic carbocycles. The van der Waals surface area contributed by atoms with Gasteiger partial charge in [-0.05, 0) is 59.5 Å². The molecule has 0 amide bonds. The van der Waals surface area contributed by atoms with E-state index in [0.29, 0.717) is 26.2 Å². The highest BCUT2D eigenvalue weighted by atomic mass is 16.5. The molecular formula is C26H32N6O2. The van der Waals surface area contributed by atoms with Crippen LogP contribution in [-0.4, -0.2) is 43.8 Å². The fourth-order valence-corrected chi connectivity index (χ4v) is 4.54. The number of H-pyrrole nitrogens is 1. The highest BCUT2D eigenvalue weighted by molar-refractivity contribution is 5.83. The Balaban J connectivity index is 1.74. The fourth-order valence-electron chi connectivity index (χ4n) is 4.54. The van der Waals surface area contributed by atoms with Crippen LogP contribution in [0.3, 0.4) is 0 Å². The Morgan fingerprint density at radius 1 is 1.12 bits per heavy atom. The number of hydrogen-bond acceptors (Lipinski definition) is 6. The zero-order valence-corrected chi connectivity index (χ0v) is 20.3. The lowest BCUT2D eigenvalue weighted by Gasteiger charge is -2.30. The molecule has 0 saturated heterocycles. The van der Waals surface area contributed by atoms with Crippen molar-refractivity contribution in [3.8, 4) is 0 Å². The summed E-state index contributed by atoms with van der Waals surface area (Å²) in [6, 6.07) is 16.4. The molecule has 0 fully saturated rings. The van der Waals surface area contributed by atoms with Gasteiger partial charge in [0, 0.05) is 36.7 Å². The van der Waals surface area contributed by atoms with Crippen LogP contribution in [0.25, 0.3) is 10.9 Å². The number of fused-ring (bicyclic) bond motifs is 1. The van der Waals surface area contributed by atoms with Crippen molar-refractivity contribution in [2.75, 3.05) is 13.7 Å². The molecule has 8 nitrogen and oxygen atoms in total. The molecule has 0 radical (unpaired) electrons. The van der Waals surface area contributed by atoms with E-state index in [4.69, 9.17) is 4.74 Å². The van der Waals surface area contributed by atoms with Crippen molar-refractivity contribution in [2.24, 2.45) is 0 Å². The summed E-state index contributed by atoms with van der Waals surface area (Å²) < 4.78 is 7.03. The third-order valence-corrected chi connectivity index (χ3v) is 6.18. The highest BCUT2D eigenvalue weighted by Gasteiger charge is 2.26. The van der Waals surface area contributed by atoms with E-state index in [2.05, 4.69) is 57.5 Å². The number of benzene rings is 2. The van der Waals surface area contributed by atoms with Gasteiger partial charge in [-0.3, -0.25) is 9.69 Å². The van der Waals surface area contributed by atoms with Gasteiger partial charge in [0.2, 0.25) is 0 Å². The van der Waals surface area contributed by atoms with E-state index >= 15 is 0 Å². The van der Waals surface area contributed by atoms with E-state index in [0.717, 1.165) is 39.8 Å². The molecule has 4 rings (SSSR count). The second kappa shape index (κ2) is 10.7. The second-order valence-corrected chi connectivity index (χ2v) is 8.73. The Hall–Kier alpha value is -3.36. The van der Waals surface area contributed by atoms with Gasteiger partial charge in [-0.2, -0.15) is 0 Å². The molecule has 2 aromatic carbocycles. The van der Waals surface area contributed by atoms with E-state index in [9.17, 15) is 4.79 Å². The van der Waals surface area contributed by atoms with Crippen LogP contribution in [0.2, 0.25) is 0 Å². The number of aryl methyl sites for hydroxylation is 2. The summed E-state index contributed by atoms with van der Waals surface area (Å²) in [5.74, 6) is 0.777. The van der Waals surface area contributed by atoms with Crippen LogP contribution in [0.15, 0.2) is 53.3 Å². The van der Waals surface area contributed by atoms with Crippen molar-refractivity contribution in [3.05, 3.63) is 87.0 Å². The SMILES string of the molecule is CC[C@H](c1nnnn1CCOC)N(Cc1ccccc1)Cc1cc2c(C)cc(C)cc2[nH]c1=O. The van der Waals surface area contributed by atoms with Crippen LogP contribution in [0.5, 0.6) is 0 Å². The minimum absolute atomic E-state index is 0.0654. The van der Waals surface area contributed by atoms with Crippen LogP contribution in [0.4, 0.5) is 0 Å². The van der Waals surface area contributed by atoms with Gasteiger partial charge in [0.15, 0.2) is 5.82 Å². The Labute approximate surface area is 199 Å². The molecule has 8 heteroatoms. The maximum absolute atomic E-state index is 13.1. The highest BCUT2D eigenvalue weighted by Crippen LogP contribution is 2.27. The molecule has 34 heavy (non-hydrogen) atoms. The molecule has 2 aromatic heterocycles. The van der Waals surface area contributed by atoms with Crippen molar-refractivity contribution in [3.63, 3.8) is 0 Å². The molecule has 178 valence electrons. The molecule has 1 atom stereocenters. The van der Waals surface area contributed by atoms with Crippen molar-refractivity contribution < 1.29 is 4.74 Å². The third kappa shape index (κ3) is 5.24. The van der Waals surface area contributed by atoms with Crippen LogP contribution in [-0.2, 0) is 24.4 Å². The first-order valence-electron chi connectivity index (χ1n) is 11.7. The normalized spacial score (nSPS) is 12.5. The summed E-state index contributed by atoms with van der Waals surface area (Å²) >= 11 is 0. The number of ether oxygens (including phenoxy) is 1. The summed E-state index contributed by atoms with van der Waals surface area (Å²) in [6.45, 7) is 8.48. The number of aromatic amines is 1. The summed E-state index contributed by atoms with van der Waals surface area (Å²) in [6.07, 6.45) is 0.796. The maximum atomic E-state index is 13.1. The minimum atomic E-state index is -0.0683. The van der Waals surface area contributed by atoms with Gasteiger partial charge < -0.3 is 9.72 Å². The smallest absolute Gasteiger partial charge is 0.252 e. The monoisotopic (exact) mass is 460 g/mol. The number of nitrogens with one attached hydrogen (secondary N) is 1. The molecule has 0 spiro atoms. The largest absolute Gasteiger partial charge is 0.383 e. The maximum Gasteiger partial charge on any atom is 0.252 e. The lowest BCUT2D eigenvalue weighted by molar-refractivity contribution is 0.151. The van der Waals surface area contributed by atoms with Crippen molar-refractivity contribution in [1.29, 1.82) is 0 Å². The second-order valence-electron chi connectivity index (χ2n) is 8.73. The molecular weight excluding hydrogens is 428 g/mol. The van der Waals surface area contributed by atoms with Crippen LogP contribution in [0.1, 0.15) is 47.5 Å². The first-order chi connectivity index (χ1) is 16.5. The molecule has 4 aromatic rings.